The van der Waals surface area contributed by atoms with Gasteiger partial charge in [-0.05, 0) is 62.2 Å². The normalized spacial score (nSPS) is 16.3. The predicted octanol–water partition coefficient (Wildman–Crippen LogP) is 4.91. The summed E-state index contributed by atoms with van der Waals surface area (Å²) in [5.74, 6) is -0.965. The van der Waals surface area contributed by atoms with E-state index in [1.54, 1.807) is 48.5 Å². The van der Waals surface area contributed by atoms with Crippen molar-refractivity contribution >= 4 is 29.5 Å². The van der Waals surface area contributed by atoms with Crippen LogP contribution in [0.15, 0.2) is 60.7 Å². The number of carbonyl (C=O) groups is 4. The molecule has 2 aliphatic heterocycles. The van der Waals surface area contributed by atoms with E-state index >= 15 is 0 Å². The zero-order valence-corrected chi connectivity index (χ0v) is 22.4. The molecule has 2 heterocycles. The Morgan fingerprint density at radius 1 is 1.07 bits per heavy atom. The molecule has 3 aromatic carbocycles. The second-order valence-electron chi connectivity index (χ2n) is 9.91. The maximum atomic E-state index is 13.8. The summed E-state index contributed by atoms with van der Waals surface area (Å²) in [4.78, 5) is 51.4. The van der Waals surface area contributed by atoms with Crippen LogP contribution in [0.5, 0.6) is 17.2 Å². The van der Waals surface area contributed by atoms with Crippen molar-refractivity contribution in [1.29, 1.82) is 0 Å². The molecule has 0 spiro atoms. The molecule has 0 radical (unpaired) electrons. The first-order valence-corrected chi connectivity index (χ1v) is 13.1. The van der Waals surface area contributed by atoms with Crippen LogP contribution in [-0.2, 0) is 27.5 Å². The van der Waals surface area contributed by atoms with Crippen molar-refractivity contribution in [2.75, 3.05) is 5.32 Å². The number of halogens is 1. The molecule has 0 bridgehead atoms. The van der Waals surface area contributed by atoms with Crippen molar-refractivity contribution in [2.24, 2.45) is 0 Å². The molecule has 41 heavy (non-hydrogen) atoms. The van der Waals surface area contributed by atoms with Crippen LogP contribution in [0, 0.1) is 5.82 Å². The lowest BCUT2D eigenvalue weighted by atomic mass is 10.0. The van der Waals surface area contributed by atoms with Crippen LogP contribution in [0.2, 0.25) is 0 Å². The van der Waals surface area contributed by atoms with Gasteiger partial charge < -0.3 is 19.1 Å². The lowest BCUT2D eigenvalue weighted by Crippen LogP contribution is -2.52. The number of benzene rings is 3. The minimum Gasteiger partial charge on any atom is -0.490 e. The Hall–Kier alpha value is -4.93. The highest BCUT2D eigenvalue weighted by Crippen LogP contribution is 2.37. The second kappa shape index (κ2) is 11.7. The van der Waals surface area contributed by atoms with Crippen molar-refractivity contribution < 1.29 is 37.8 Å². The second-order valence-corrected chi connectivity index (χ2v) is 9.91. The molecule has 3 aromatic rings. The van der Waals surface area contributed by atoms with Gasteiger partial charge in [0.15, 0.2) is 11.6 Å². The Balaban J connectivity index is 1.25. The minimum atomic E-state index is -0.756. The molecular weight excluding hydrogens is 533 g/mol. The van der Waals surface area contributed by atoms with Gasteiger partial charge in [-0.15, -0.1) is 0 Å². The number of nitrogens with zero attached hydrogens (tertiary/aromatic N) is 1. The van der Waals surface area contributed by atoms with Gasteiger partial charge in [-0.3, -0.25) is 25.0 Å². The molecule has 11 heteroatoms. The van der Waals surface area contributed by atoms with Crippen LogP contribution >= 0.6 is 0 Å². The number of rotatable bonds is 8. The fourth-order valence-electron chi connectivity index (χ4n) is 4.70. The quantitative estimate of drug-likeness (QED) is 0.375. The van der Waals surface area contributed by atoms with Crippen molar-refractivity contribution in [3.8, 4) is 17.2 Å². The molecule has 4 amide bonds. The number of carbonyl (C=O) groups excluding carboxylic acids is 4. The van der Waals surface area contributed by atoms with Crippen LogP contribution in [0.25, 0.3) is 0 Å². The molecule has 10 nitrogen and oxygen atoms in total. The van der Waals surface area contributed by atoms with E-state index in [4.69, 9.17) is 14.2 Å². The van der Waals surface area contributed by atoms with E-state index in [1.165, 1.54) is 17.0 Å². The number of hydrogen-bond acceptors (Lipinski definition) is 7. The summed E-state index contributed by atoms with van der Waals surface area (Å²) >= 11 is 0. The first-order valence-electron chi connectivity index (χ1n) is 13.1. The van der Waals surface area contributed by atoms with E-state index in [9.17, 15) is 23.6 Å². The van der Waals surface area contributed by atoms with Gasteiger partial charge in [0, 0.05) is 24.2 Å². The van der Waals surface area contributed by atoms with Crippen LogP contribution < -0.4 is 20.1 Å². The molecule has 0 aliphatic carbocycles. The average Bonchev–Trinajstić information content (AvgIpc) is 3.26. The molecule has 1 fully saturated rings. The van der Waals surface area contributed by atoms with E-state index in [0.29, 0.717) is 33.9 Å². The summed E-state index contributed by atoms with van der Waals surface area (Å²) in [6.45, 7) is 3.65. The van der Waals surface area contributed by atoms with E-state index in [1.807, 2.05) is 13.8 Å². The molecule has 5 rings (SSSR count). The SMILES string of the molecule is CC(C)Oc1c(COC(=O)Nc2ccc(Oc3ccccc3F)cc2)ccc2c1C(=O)N(C1CCC(=O)NC1=O)C2. The minimum absolute atomic E-state index is 0.0834. The first kappa shape index (κ1) is 27.6. The number of amides is 4. The predicted molar refractivity (Wildman–Crippen MR) is 145 cm³/mol. The smallest absolute Gasteiger partial charge is 0.411 e. The van der Waals surface area contributed by atoms with Gasteiger partial charge in [0.2, 0.25) is 11.8 Å². The summed E-state index contributed by atoms with van der Waals surface area (Å²) in [7, 11) is 0. The van der Waals surface area contributed by atoms with Gasteiger partial charge >= 0.3 is 6.09 Å². The summed E-state index contributed by atoms with van der Waals surface area (Å²) in [5, 5.41) is 4.91. The topological polar surface area (TPSA) is 123 Å². The van der Waals surface area contributed by atoms with Crippen molar-refractivity contribution in [3.05, 3.63) is 83.2 Å². The molecule has 1 unspecified atom stereocenters. The summed E-state index contributed by atoms with van der Waals surface area (Å²) in [5.41, 5.74) is 1.91. The molecule has 2 aliphatic rings. The zero-order chi connectivity index (χ0) is 29.1. The van der Waals surface area contributed by atoms with E-state index < -0.39 is 23.9 Å². The van der Waals surface area contributed by atoms with E-state index in [-0.39, 0.29) is 49.7 Å². The van der Waals surface area contributed by atoms with Crippen molar-refractivity contribution in [3.63, 3.8) is 0 Å². The Morgan fingerprint density at radius 3 is 2.54 bits per heavy atom. The maximum Gasteiger partial charge on any atom is 0.411 e. The maximum absolute atomic E-state index is 13.8. The number of piperidine rings is 1. The van der Waals surface area contributed by atoms with Gasteiger partial charge in [0.1, 0.15) is 24.1 Å². The van der Waals surface area contributed by atoms with Gasteiger partial charge in [-0.1, -0.05) is 24.3 Å². The molecule has 0 aromatic heterocycles. The number of para-hydroxylation sites is 1. The van der Waals surface area contributed by atoms with Crippen molar-refractivity contribution in [1.82, 2.24) is 10.2 Å². The lowest BCUT2D eigenvalue weighted by Gasteiger charge is -2.29. The fraction of sp³-hybridized carbons (Fsp3) is 0.267. The number of ether oxygens (including phenoxy) is 3. The number of nitrogens with one attached hydrogen (secondary N) is 2. The first-order chi connectivity index (χ1) is 19.7. The Bertz CT molecular complexity index is 1510. The van der Waals surface area contributed by atoms with Gasteiger partial charge in [-0.2, -0.15) is 0 Å². The standard InChI is InChI=1S/C30H28FN3O7/c1-17(2)40-27-19(8-7-18-15-34(29(37)26(18)27)23-13-14-25(35)33-28(23)36)16-39-30(38)32-20-9-11-21(12-10-20)41-24-6-4-3-5-22(24)31/h3-12,17,23H,13-16H2,1-2H3,(H,32,38)(H,33,35,36). The highest BCUT2D eigenvalue weighted by molar-refractivity contribution is 6.06. The van der Waals surface area contributed by atoms with Crippen LogP contribution in [0.4, 0.5) is 14.9 Å². The molecule has 212 valence electrons. The molecular formula is C30H28FN3O7. The van der Waals surface area contributed by atoms with Gasteiger partial charge in [0.25, 0.3) is 5.91 Å². The number of imide groups is 1. The molecule has 2 N–H and O–H groups in total. The number of fused-ring (bicyclic) bond motifs is 1. The molecule has 1 atom stereocenters. The third kappa shape index (κ3) is 6.13. The fourth-order valence-corrected chi connectivity index (χ4v) is 4.70. The molecule has 1 saturated heterocycles. The highest BCUT2D eigenvalue weighted by Gasteiger charge is 2.41. The Labute approximate surface area is 235 Å². The van der Waals surface area contributed by atoms with E-state index in [2.05, 4.69) is 10.6 Å². The van der Waals surface area contributed by atoms with Crippen LogP contribution in [0.1, 0.15) is 48.2 Å². The highest BCUT2D eigenvalue weighted by atomic mass is 19.1. The summed E-state index contributed by atoms with van der Waals surface area (Å²) in [6, 6.07) is 15.1. The molecule has 0 saturated carbocycles. The van der Waals surface area contributed by atoms with Crippen LogP contribution in [0.3, 0.4) is 0 Å². The number of hydrogen-bond donors (Lipinski definition) is 2. The summed E-state index contributed by atoms with van der Waals surface area (Å²) in [6.07, 6.45) is -0.615. The third-order valence-electron chi connectivity index (χ3n) is 6.60. The largest absolute Gasteiger partial charge is 0.490 e. The monoisotopic (exact) mass is 561 g/mol. The lowest BCUT2D eigenvalue weighted by molar-refractivity contribution is -0.136. The van der Waals surface area contributed by atoms with Crippen molar-refractivity contribution in [2.45, 2.75) is 52.0 Å². The third-order valence-corrected chi connectivity index (χ3v) is 6.60. The average molecular weight is 562 g/mol. The summed E-state index contributed by atoms with van der Waals surface area (Å²) < 4.78 is 30.8. The van der Waals surface area contributed by atoms with E-state index in [0.717, 1.165) is 0 Å². The zero-order valence-electron chi connectivity index (χ0n) is 22.4. The van der Waals surface area contributed by atoms with Gasteiger partial charge in [-0.25, -0.2) is 9.18 Å². The van der Waals surface area contributed by atoms with Crippen LogP contribution in [-0.4, -0.2) is 40.9 Å². The van der Waals surface area contributed by atoms with Gasteiger partial charge in [0.05, 0.1) is 11.7 Å². The number of anilines is 1. The Morgan fingerprint density at radius 2 is 1.83 bits per heavy atom. The Kier molecular flexibility index (Phi) is 7.86.